The minimum absolute atomic E-state index is 0.143. The molecule has 1 N–H and O–H groups in total. The zero-order chi connectivity index (χ0) is 10.7. The smallest absolute Gasteiger partial charge is 0.0774 e. The molecule has 0 bridgehead atoms. The predicted octanol–water partition coefficient (Wildman–Crippen LogP) is 3.47. The molecule has 1 aromatic heterocycles. The highest BCUT2D eigenvalue weighted by atomic mass is 32.1. The Balaban J connectivity index is 2.47. The van der Waals surface area contributed by atoms with Crippen LogP contribution in [0.3, 0.4) is 0 Å². The van der Waals surface area contributed by atoms with Crippen LogP contribution >= 0.6 is 11.3 Å². The van der Waals surface area contributed by atoms with Crippen molar-refractivity contribution in [1.82, 2.24) is 0 Å². The van der Waals surface area contributed by atoms with Crippen LogP contribution in [0.25, 0.3) is 11.1 Å². The summed E-state index contributed by atoms with van der Waals surface area (Å²) in [4.78, 5) is 2.40. The molecule has 0 radical (unpaired) electrons. The number of hydrogen-bond donors (Lipinski definition) is 1. The zero-order valence-corrected chi connectivity index (χ0v) is 9.55. The standard InChI is InChI=1S/C13H14OS/c1-2-13-12(8-11(9-14)15-13)10-6-4-3-5-7-10/h3-8,14H,2,9H2,1H3. The van der Waals surface area contributed by atoms with E-state index in [1.807, 2.05) is 18.2 Å². The van der Waals surface area contributed by atoms with Crippen LogP contribution in [0.15, 0.2) is 36.4 Å². The van der Waals surface area contributed by atoms with E-state index in [2.05, 4.69) is 25.1 Å². The van der Waals surface area contributed by atoms with E-state index in [0.29, 0.717) is 0 Å². The molecular formula is C13H14OS. The highest BCUT2D eigenvalue weighted by molar-refractivity contribution is 7.12. The Labute approximate surface area is 94.0 Å². The molecule has 0 atom stereocenters. The van der Waals surface area contributed by atoms with Crippen LogP contribution in [0.5, 0.6) is 0 Å². The van der Waals surface area contributed by atoms with Crippen LogP contribution < -0.4 is 0 Å². The van der Waals surface area contributed by atoms with Crippen molar-refractivity contribution in [3.63, 3.8) is 0 Å². The van der Waals surface area contributed by atoms with Gasteiger partial charge in [-0.2, -0.15) is 0 Å². The Bertz CT molecular complexity index is 431. The van der Waals surface area contributed by atoms with E-state index in [-0.39, 0.29) is 6.61 Å². The minimum Gasteiger partial charge on any atom is -0.391 e. The van der Waals surface area contributed by atoms with E-state index in [4.69, 9.17) is 5.11 Å². The lowest BCUT2D eigenvalue weighted by molar-refractivity contribution is 0.285. The summed E-state index contributed by atoms with van der Waals surface area (Å²) >= 11 is 1.70. The predicted molar refractivity (Wildman–Crippen MR) is 65.1 cm³/mol. The maximum Gasteiger partial charge on any atom is 0.0774 e. The molecule has 0 spiro atoms. The fraction of sp³-hybridized carbons (Fsp3) is 0.231. The number of thiophene rings is 1. The van der Waals surface area contributed by atoms with Gasteiger partial charge in [-0.05, 0) is 23.6 Å². The number of benzene rings is 1. The molecule has 2 rings (SSSR count). The third-order valence-electron chi connectivity index (χ3n) is 2.42. The van der Waals surface area contributed by atoms with Crippen LogP contribution in [0, 0.1) is 0 Å². The number of hydrogen-bond acceptors (Lipinski definition) is 2. The summed E-state index contributed by atoms with van der Waals surface area (Å²) in [7, 11) is 0. The second kappa shape index (κ2) is 4.60. The van der Waals surface area contributed by atoms with Gasteiger partial charge in [-0.3, -0.25) is 0 Å². The monoisotopic (exact) mass is 218 g/mol. The lowest BCUT2D eigenvalue weighted by Crippen LogP contribution is -1.79. The quantitative estimate of drug-likeness (QED) is 0.836. The van der Waals surface area contributed by atoms with E-state index in [0.717, 1.165) is 11.3 Å². The third-order valence-corrected chi connectivity index (χ3v) is 3.69. The first-order valence-electron chi connectivity index (χ1n) is 5.13. The van der Waals surface area contributed by atoms with Crippen molar-refractivity contribution in [2.24, 2.45) is 0 Å². The molecule has 0 aliphatic carbocycles. The summed E-state index contributed by atoms with van der Waals surface area (Å²) in [5.74, 6) is 0. The first-order chi connectivity index (χ1) is 7.35. The lowest BCUT2D eigenvalue weighted by atomic mass is 10.1. The molecular weight excluding hydrogens is 204 g/mol. The van der Waals surface area contributed by atoms with Crippen LogP contribution in [-0.4, -0.2) is 5.11 Å². The summed E-state index contributed by atoms with van der Waals surface area (Å²) in [6.45, 7) is 2.30. The third kappa shape index (κ3) is 2.11. The first-order valence-corrected chi connectivity index (χ1v) is 5.94. The topological polar surface area (TPSA) is 20.2 Å². The van der Waals surface area contributed by atoms with Crippen molar-refractivity contribution in [3.8, 4) is 11.1 Å². The Morgan fingerprint density at radius 1 is 1.20 bits per heavy atom. The lowest BCUT2D eigenvalue weighted by Gasteiger charge is -2.00. The van der Waals surface area contributed by atoms with Crippen LogP contribution in [0.4, 0.5) is 0 Å². The van der Waals surface area contributed by atoms with Gasteiger partial charge in [0.1, 0.15) is 0 Å². The molecule has 0 aliphatic rings. The Kier molecular flexibility index (Phi) is 3.19. The van der Waals surface area contributed by atoms with Crippen molar-refractivity contribution in [3.05, 3.63) is 46.2 Å². The molecule has 0 fully saturated rings. The van der Waals surface area contributed by atoms with E-state index in [1.165, 1.54) is 16.0 Å². The van der Waals surface area contributed by atoms with Gasteiger partial charge in [-0.1, -0.05) is 37.3 Å². The second-order valence-corrected chi connectivity index (χ2v) is 4.65. The maximum atomic E-state index is 9.13. The number of aliphatic hydroxyl groups excluding tert-OH is 1. The van der Waals surface area contributed by atoms with Crippen molar-refractivity contribution in [2.45, 2.75) is 20.0 Å². The molecule has 1 nitrogen and oxygen atoms in total. The zero-order valence-electron chi connectivity index (χ0n) is 8.73. The molecule has 2 heteroatoms. The highest BCUT2D eigenvalue weighted by Crippen LogP contribution is 2.31. The summed E-state index contributed by atoms with van der Waals surface area (Å²) in [5.41, 5.74) is 2.51. The van der Waals surface area contributed by atoms with Gasteiger partial charge >= 0.3 is 0 Å². The fourth-order valence-corrected chi connectivity index (χ4v) is 2.68. The van der Waals surface area contributed by atoms with Crippen molar-refractivity contribution in [1.29, 1.82) is 0 Å². The average molecular weight is 218 g/mol. The van der Waals surface area contributed by atoms with E-state index < -0.39 is 0 Å². The molecule has 1 heterocycles. The first kappa shape index (κ1) is 10.4. The minimum atomic E-state index is 0.143. The van der Waals surface area contributed by atoms with Crippen LogP contribution in [0.1, 0.15) is 16.7 Å². The molecule has 0 saturated carbocycles. The largest absolute Gasteiger partial charge is 0.391 e. The molecule has 0 saturated heterocycles. The molecule has 0 amide bonds. The van der Waals surface area contributed by atoms with Crippen molar-refractivity contribution >= 4 is 11.3 Å². The summed E-state index contributed by atoms with van der Waals surface area (Å²) < 4.78 is 0. The molecule has 0 aliphatic heterocycles. The van der Waals surface area contributed by atoms with Gasteiger partial charge in [0.15, 0.2) is 0 Å². The Morgan fingerprint density at radius 2 is 1.93 bits per heavy atom. The van der Waals surface area contributed by atoms with Crippen LogP contribution in [0.2, 0.25) is 0 Å². The molecule has 2 aromatic rings. The van der Waals surface area contributed by atoms with E-state index in [9.17, 15) is 0 Å². The van der Waals surface area contributed by atoms with Gasteiger partial charge in [0.2, 0.25) is 0 Å². The molecule has 0 unspecified atom stereocenters. The van der Waals surface area contributed by atoms with E-state index >= 15 is 0 Å². The normalized spacial score (nSPS) is 10.5. The van der Waals surface area contributed by atoms with Crippen LogP contribution in [-0.2, 0) is 13.0 Å². The number of aryl methyl sites for hydroxylation is 1. The summed E-state index contributed by atoms with van der Waals surface area (Å²) in [6, 6.07) is 12.4. The van der Waals surface area contributed by atoms with E-state index in [1.54, 1.807) is 11.3 Å². The van der Waals surface area contributed by atoms with Crippen molar-refractivity contribution in [2.75, 3.05) is 0 Å². The van der Waals surface area contributed by atoms with Gasteiger partial charge in [0, 0.05) is 9.75 Å². The fourth-order valence-electron chi connectivity index (χ4n) is 1.69. The Hall–Kier alpha value is -1.12. The maximum absolute atomic E-state index is 9.13. The molecule has 1 aromatic carbocycles. The number of rotatable bonds is 3. The second-order valence-electron chi connectivity index (χ2n) is 3.43. The average Bonchev–Trinajstić information content (AvgIpc) is 2.73. The number of aliphatic hydroxyl groups is 1. The van der Waals surface area contributed by atoms with Gasteiger partial charge in [0.25, 0.3) is 0 Å². The van der Waals surface area contributed by atoms with Gasteiger partial charge < -0.3 is 5.11 Å². The summed E-state index contributed by atoms with van der Waals surface area (Å²) in [5, 5.41) is 9.13. The summed E-state index contributed by atoms with van der Waals surface area (Å²) in [6.07, 6.45) is 1.02. The highest BCUT2D eigenvalue weighted by Gasteiger charge is 2.08. The van der Waals surface area contributed by atoms with Gasteiger partial charge in [0.05, 0.1) is 6.61 Å². The SMILES string of the molecule is CCc1sc(CO)cc1-c1ccccc1. The van der Waals surface area contributed by atoms with Gasteiger partial charge in [-0.15, -0.1) is 11.3 Å². The molecule has 78 valence electrons. The van der Waals surface area contributed by atoms with Crippen molar-refractivity contribution < 1.29 is 5.11 Å². The molecule has 15 heavy (non-hydrogen) atoms. The Morgan fingerprint density at radius 3 is 2.53 bits per heavy atom. The van der Waals surface area contributed by atoms with Gasteiger partial charge in [-0.25, -0.2) is 0 Å².